The van der Waals surface area contributed by atoms with Gasteiger partial charge in [0.05, 0.1) is 10.7 Å². The summed E-state index contributed by atoms with van der Waals surface area (Å²) in [6.45, 7) is 10.3. The Labute approximate surface area is 133 Å². The molecular weight excluding hydrogens is 284 g/mol. The molecule has 0 atom stereocenters. The lowest BCUT2D eigenvalue weighted by molar-refractivity contribution is 0.0741. The average Bonchev–Trinajstić information content (AvgIpc) is 2.40. The Morgan fingerprint density at radius 3 is 2.10 bits per heavy atom. The van der Waals surface area contributed by atoms with Gasteiger partial charge in [-0.1, -0.05) is 39.3 Å². The van der Waals surface area contributed by atoms with Crippen LogP contribution in [0.15, 0.2) is 18.2 Å². The van der Waals surface area contributed by atoms with Gasteiger partial charge < -0.3 is 10.6 Å². The average molecular weight is 311 g/mol. The van der Waals surface area contributed by atoms with Gasteiger partial charge in [-0.2, -0.15) is 0 Å². The van der Waals surface area contributed by atoms with Gasteiger partial charge in [-0.15, -0.1) is 0 Å². The highest BCUT2D eigenvalue weighted by molar-refractivity contribution is 6.33. The molecule has 0 heterocycles. The van der Waals surface area contributed by atoms with Crippen molar-refractivity contribution in [3.8, 4) is 0 Å². The van der Waals surface area contributed by atoms with E-state index in [2.05, 4.69) is 27.7 Å². The van der Waals surface area contributed by atoms with Crippen LogP contribution in [0.1, 0.15) is 50.9 Å². The summed E-state index contributed by atoms with van der Waals surface area (Å²) >= 11 is 6.02. The highest BCUT2D eigenvalue weighted by Gasteiger charge is 2.17. The van der Waals surface area contributed by atoms with E-state index in [1.54, 1.807) is 18.2 Å². The zero-order valence-electron chi connectivity index (χ0n) is 13.5. The van der Waals surface area contributed by atoms with Crippen molar-refractivity contribution in [1.29, 1.82) is 0 Å². The number of rotatable bonds is 7. The molecule has 1 aromatic rings. The number of hydrogen-bond acceptors (Lipinski definition) is 2. The Hall–Kier alpha value is -1.22. The van der Waals surface area contributed by atoms with Crippen molar-refractivity contribution in [3.05, 3.63) is 28.8 Å². The van der Waals surface area contributed by atoms with Gasteiger partial charge >= 0.3 is 0 Å². The van der Waals surface area contributed by atoms with Crippen LogP contribution < -0.4 is 5.73 Å². The molecule has 0 unspecified atom stereocenters. The lowest BCUT2D eigenvalue weighted by Crippen LogP contribution is -2.34. The van der Waals surface area contributed by atoms with Crippen molar-refractivity contribution in [1.82, 2.24) is 4.90 Å². The molecule has 2 N–H and O–H groups in total. The molecule has 0 radical (unpaired) electrons. The first kappa shape index (κ1) is 17.8. The summed E-state index contributed by atoms with van der Waals surface area (Å²) in [6, 6.07) is 5.11. The van der Waals surface area contributed by atoms with Gasteiger partial charge in [-0.05, 0) is 42.9 Å². The van der Waals surface area contributed by atoms with E-state index in [1.807, 2.05) is 4.90 Å². The second-order valence-corrected chi connectivity index (χ2v) is 6.80. The molecule has 0 saturated heterocycles. The fourth-order valence-corrected chi connectivity index (χ4v) is 2.17. The Morgan fingerprint density at radius 1 is 1.14 bits per heavy atom. The molecule has 1 amide bonds. The second kappa shape index (κ2) is 8.28. The van der Waals surface area contributed by atoms with Crippen LogP contribution in [-0.2, 0) is 0 Å². The van der Waals surface area contributed by atoms with Crippen molar-refractivity contribution in [2.45, 2.75) is 40.5 Å². The number of nitrogens with two attached hydrogens (primary N) is 1. The van der Waals surface area contributed by atoms with Crippen LogP contribution in [0.25, 0.3) is 0 Å². The van der Waals surface area contributed by atoms with E-state index in [0.717, 1.165) is 25.9 Å². The minimum Gasteiger partial charge on any atom is -0.398 e. The molecule has 0 aromatic heterocycles. The normalized spacial score (nSPS) is 11.2. The van der Waals surface area contributed by atoms with E-state index in [1.165, 1.54) is 0 Å². The van der Waals surface area contributed by atoms with Gasteiger partial charge in [-0.25, -0.2) is 0 Å². The van der Waals surface area contributed by atoms with Crippen LogP contribution in [-0.4, -0.2) is 23.9 Å². The molecule has 0 fully saturated rings. The van der Waals surface area contributed by atoms with E-state index in [0.29, 0.717) is 28.1 Å². The largest absolute Gasteiger partial charge is 0.398 e. The summed E-state index contributed by atoms with van der Waals surface area (Å²) in [7, 11) is 0. The highest BCUT2D eigenvalue weighted by Crippen LogP contribution is 2.21. The zero-order chi connectivity index (χ0) is 16.0. The molecule has 0 bridgehead atoms. The predicted octanol–water partition coefficient (Wildman–Crippen LogP) is 4.46. The molecule has 1 rings (SSSR count). The summed E-state index contributed by atoms with van der Waals surface area (Å²) in [5, 5.41) is 0.438. The molecule has 0 aliphatic heterocycles. The first-order valence-electron chi connectivity index (χ1n) is 7.65. The Balaban J connectivity index is 2.83. The standard InChI is InChI=1S/C17H27ClN2O/c1-12(2)7-9-20(10-8-13(3)4)17(21)14-5-6-16(19)15(18)11-14/h5-6,11-13H,7-10,19H2,1-4H3. The smallest absolute Gasteiger partial charge is 0.253 e. The van der Waals surface area contributed by atoms with Crippen LogP contribution >= 0.6 is 11.6 Å². The van der Waals surface area contributed by atoms with Crippen LogP contribution in [0.4, 0.5) is 5.69 Å². The third kappa shape index (κ3) is 5.96. The lowest BCUT2D eigenvalue weighted by atomic mass is 10.1. The summed E-state index contributed by atoms with van der Waals surface area (Å²) in [5.74, 6) is 1.20. The number of nitrogen functional groups attached to an aromatic ring is 1. The molecule has 0 saturated carbocycles. The monoisotopic (exact) mass is 310 g/mol. The fourth-order valence-electron chi connectivity index (χ4n) is 1.99. The van der Waals surface area contributed by atoms with Gasteiger partial charge in [-0.3, -0.25) is 4.79 Å². The quantitative estimate of drug-likeness (QED) is 0.756. The van der Waals surface area contributed by atoms with Crippen molar-refractivity contribution >= 4 is 23.2 Å². The van der Waals surface area contributed by atoms with Crippen LogP contribution in [0.2, 0.25) is 5.02 Å². The van der Waals surface area contributed by atoms with Crippen LogP contribution in [0.5, 0.6) is 0 Å². The number of nitrogens with zero attached hydrogens (tertiary/aromatic N) is 1. The van der Waals surface area contributed by atoms with E-state index in [9.17, 15) is 4.79 Å². The summed E-state index contributed by atoms with van der Waals surface area (Å²) < 4.78 is 0. The topological polar surface area (TPSA) is 46.3 Å². The fraction of sp³-hybridized carbons (Fsp3) is 0.588. The van der Waals surface area contributed by atoms with Gasteiger partial charge in [0.1, 0.15) is 0 Å². The molecule has 0 aliphatic carbocycles. The maximum atomic E-state index is 12.7. The maximum absolute atomic E-state index is 12.7. The van der Waals surface area contributed by atoms with Crippen molar-refractivity contribution in [2.75, 3.05) is 18.8 Å². The number of halogens is 1. The molecule has 0 spiro atoms. The third-order valence-electron chi connectivity index (χ3n) is 3.49. The first-order chi connectivity index (χ1) is 9.81. The molecule has 4 heteroatoms. The SMILES string of the molecule is CC(C)CCN(CCC(C)C)C(=O)c1ccc(N)c(Cl)c1. The summed E-state index contributed by atoms with van der Waals surface area (Å²) in [4.78, 5) is 14.6. The van der Waals surface area contributed by atoms with Crippen LogP contribution in [0, 0.1) is 11.8 Å². The van der Waals surface area contributed by atoms with E-state index < -0.39 is 0 Å². The van der Waals surface area contributed by atoms with Crippen LogP contribution in [0.3, 0.4) is 0 Å². The number of hydrogen-bond donors (Lipinski definition) is 1. The van der Waals surface area contributed by atoms with Crippen molar-refractivity contribution in [2.24, 2.45) is 11.8 Å². The number of carbonyl (C=O) groups is 1. The second-order valence-electron chi connectivity index (χ2n) is 6.39. The Bertz CT molecular complexity index is 460. The van der Waals surface area contributed by atoms with Gasteiger partial charge in [0.25, 0.3) is 5.91 Å². The molecule has 3 nitrogen and oxygen atoms in total. The minimum absolute atomic E-state index is 0.0400. The Morgan fingerprint density at radius 2 is 1.67 bits per heavy atom. The minimum atomic E-state index is 0.0400. The van der Waals surface area contributed by atoms with E-state index in [4.69, 9.17) is 17.3 Å². The van der Waals surface area contributed by atoms with Crippen molar-refractivity contribution < 1.29 is 4.79 Å². The van der Waals surface area contributed by atoms with Gasteiger partial charge in [0, 0.05) is 18.7 Å². The molecular formula is C17H27ClN2O. The number of carbonyl (C=O) groups excluding carboxylic acids is 1. The summed E-state index contributed by atoms with van der Waals surface area (Å²) in [6.07, 6.45) is 2.01. The van der Waals surface area contributed by atoms with Crippen molar-refractivity contribution in [3.63, 3.8) is 0 Å². The highest BCUT2D eigenvalue weighted by atomic mass is 35.5. The van der Waals surface area contributed by atoms with Gasteiger partial charge in [0.15, 0.2) is 0 Å². The number of anilines is 1. The predicted molar refractivity (Wildman–Crippen MR) is 90.7 cm³/mol. The zero-order valence-corrected chi connectivity index (χ0v) is 14.3. The first-order valence-corrected chi connectivity index (χ1v) is 8.03. The maximum Gasteiger partial charge on any atom is 0.253 e. The Kier molecular flexibility index (Phi) is 7.03. The number of amides is 1. The number of benzene rings is 1. The summed E-state index contributed by atoms with van der Waals surface area (Å²) in [5.41, 5.74) is 6.82. The molecule has 0 aliphatic rings. The van der Waals surface area contributed by atoms with E-state index >= 15 is 0 Å². The lowest BCUT2D eigenvalue weighted by Gasteiger charge is -2.25. The molecule has 118 valence electrons. The molecule has 1 aromatic carbocycles. The molecule has 21 heavy (non-hydrogen) atoms. The van der Waals surface area contributed by atoms with Gasteiger partial charge in [0.2, 0.25) is 0 Å². The third-order valence-corrected chi connectivity index (χ3v) is 3.81. The van der Waals surface area contributed by atoms with E-state index in [-0.39, 0.29) is 5.91 Å².